The van der Waals surface area contributed by atoms with Crippen molar-refractivity contribution in [3.05, 3.63) is 66.4 Å². The summed E-state index contributed by atoms with van der Waals surface area (Å²) in [5.41, 5.74) is 2.23. The SMILES string of the molecule is CC1CCN(c2ccc(Nc3nccc(Nc4ccc(F)cc4F)n3)cc2)CC1. The molecule has 150 valence electrons. The van der Waals surface area contributed by atoms with Crippen LogP contribution in [0.1, 0.15) is 19.8 Å². The highest BCUT2D eigenvalue weighted by molar-refractivity contribution is 5.62. The van der Waals surface area contributed by atoms with E-state index in [-0.39, 0.29) is 5.69 Å². The smallest absolute Gasteiger partial charge is 0.229 e. The number of aromatic nitrogens is 2. The van der Waals surface area contributed by atoms with Crippen LogP contribution >= 0.6 is 0 Å². The van der Waals surface area contributed by atoms with E-state index >= 15 is 0 Å². The van der Waals surface area contributed by atoms with Crippen molar-refractivity contribution in [3.8, 4) is 0 Å². The minimum absolute atomic E-state index is 0.149. The molecule has 1 saturated heterocycles. The summed E-state index contributed by atoms with van der Waals surface area (Å²) in [6.45, 7) is 4.48. The standard InChI is InChI=1S/C22H23F2N5/c1-15-9-12-29(13-10-15)18-5-3-17(4-6-18)26-22-25-11-8-21(28-22)27-20-7-2-16(23)14-19(20)24/h2-8,11,14-15H,9-10,12-13H2,1H3,(H2,25,26,27,28). The normalized spacial score (nSPS) is 14.7. The Labute approximate surface area is 168 Å². The summed E-state index contributed by atoms with van der Waals surface area (Å²) in [6.07, 6.45) is 4.02. The lowest BCUT2D eigenvalue weighted by Gasteiger charge is -2.32. The van der Waals surface area contributed by atoms with Crippen LogP contribution in [0.4, 0.5) is 37.6 Å². The minimum Gasteiger partial charge on any atom is -0.372 e. The first-order valence-electron chi connectivity index (χ1n) is 9.74. The predicted molar refractivity (Wildman–Crippen MR) is 112 cm³/mol. The number of hydrogen-bond acceptors (Lipinski definition) is 5. The number of benzene rings is 2. The molecule has 1 aromatic heterocycles. The number of rotatable bonds is 5. The zero-order chi connectivity index (χ0) is 20.2. The number of halogens is 2. The summed E-state index contributed by atoms with van der Waals surface area (Å²) in [5.74, 6) is 0.291. The Kier molecular flexibility index (Phi) is 5.55. The highest BCUT2D eigenvalue weighted by Gasteiger charge is 2.15. The largest absolute Gasteiger partial charge is 0.372 e. The Hall–Kier alpha value is -3.22. The number of nitrogens with zero attached hydrogens (tertiary/aromatic N) is 3. The second-order valence-electron chi connectivity index (χ2n) is 7.36. The fourth-order valence-electron chi connectivity index (χ4n) is 3.37. The molecular weight excluding hydrogens is 372 g/mol. The molecule has 4 rings (SSSR count). The number of piperidine rings is 1. The van der Waals surface area contributed by atoms with Gasteiger partial charge in [0.15, 0.2) is 0 Å². The van der Waals surface area contributed by atoms with Crippen molar-refractivity contribution >= 4 is 28.8 Å². The highest BCUT2D eigenvalue weighted by Crippen LogP contribution is 2.25. The molecule has 29 heavy (non-hydrogen) atoms. The van der Waals surface area contributed by atoms with E-state index in [1.807, 2.05) is 12.1 Å². The van der Waals surface area contributed by atoms with Crippen molar-refractivity contribution < 1.29 is 8.78 Å². The molecule has 0 atom stereocenters. The summed E-state index contributed by atoms with van der Waals surface area (Å²) in [6, 6.07) is 13.1. The van der Waals surface area contributed by atoms with Crippen LogP contribution in [0.2, 0.25) is 0 Å². The molecule has 0 spiro atoms. The first-order valence-corrected chi connectivity index (χ1v) is 9.74. The molecule has 0 amide bonds. The third kappa shape index (κ3) is 4.80. The zero-order valence-corrected chi connectivity index (χ0v) is 16.2. The average Bonchev–Trinajstić information content (AvgIpc) is 2.72. The van der Waals surface area contributed by atoms with Crippen LogP contribution in [0.25, 0.3) is 0 Å². The van der Waals surface area contributed by atoms with E-state index in [1.54, 1.807) is 12.3 Å². The first kappa shape index (κ1) is 19.1. The summed E-state index contributed by atoms with van der Waals surface area (Å²) in [5, 5.41) is 6.00. The van der Waals surface area contributed by atoms with Crippen LogP contribution < -0.4 is 15.5 Å². The molecule has 2 heterocycles. The molecule has 1 aliphatic heterocycles. The third-order valence-corrected chi connectivity index (χ3v) is 5.12. The zero-order valence-electron chi connectivity index (χ0n) is 16.2. The first-order chi connectivity index (χ1) is 14.1. The Morgan fingerprint density at radius 1 is 0.966 bits per heavy atom. The van der Waals surface area contributed by atoms with Crippen LogP contribution in [0, 0.1) is 17.6 Å². The molecule has 1 aliphatic rings. The van der Waals surface area contributed by atoms with Gasteiger partial charge in [-0.3, -0.25) is 0 Å². The van der Waals surface area contributed by atoms with Crippen LogP contribution in [-0.2, 0) is 0 Å². The second-order valence-corrected chi connectivity index (χ2v) is 7.36. The van der Waals surface area contributed by atoms with Crippen molar-refractivity contribution in [2.45, 2.75) is 19.8 Å². The van der Waals surface area contributed by atoms with Crippen LogP contribution in [0.3, 0.4) is 0 Å². The Morgan fingerprint density at radius 2 is 1.72 bits per heavy atom. The van der Waals surface area contributed by atoms with Crippen molar-refractivity contribution in [2.24, 2.45) is 5.92 Å². The molecule has 0 aliphatic carbocycles. The van der Waals surface area contributed by atoms with Gasteiger partial charge in [0.25, 0.3) is 0 Å². The molecule has 7 heteroatoms. The van der Waals surface area contributed by atoms with Crippen molar-refractivity contribution in [3.63, 3.8) is 0 Å². The number of nitrogens with one attached hydrogen (secondary N) is 2. The van der Waals surface area contributed by atoms with Gasteiger partial charge in [-0.05, 0) is 61.2 Å². The molecule has 1 fully saturated rings. The van der Waals surface area contributed by atoms with Gasteiger partial charge in [0.2, 0.25) is 5.95 Å². The monoisotopic (exact) mass is 395 g/mol. The summed E-state index contributed by atoms with van der Waals surface area (Å²) < 4.78 is 26.9. The van der Waals surface area contributed by atoms with Crippen LogP contribution in [0.5, 0.6) is 0 Å². The van der Waals surface area contributed by atoms with Crippen LogP contribution in [-0.4, -0.2) is 23.1 Å². The van der Waals surface area contributed by atoms with Gasteiger partial charge in [-0.15, -0.1) is 0 Å². The molecule has 0 radical (unpaired) electrons. The number of hydrogen-bond donors (Lipinski definition) is 2. The molecule has 0 saturated carbocycles. The predicted octanol–water partition coefficient (Wildman–Crippen LogP) is 5.48. The Bertz CT molecular complexity index is 969. The summed E-state index contributed by atoms with van der Waals surface area (Å²) in [4.78, 5) is 11.0. The molecular formula is C22H23F2N5. The van der Waals surface area contributed by atoms with Crippen molar-refractivity contribution in [1.82, 2.24) is 9.97 Å². The Morgan fingerprint density at radius 3 is 2.45 bits per heavy atom. The molecule has 0 unspecified atom stereocenters. The van der Waals surface area contributed by atoms with Gasteiger partial charge < -0.3 is 15.5 Å². The van der Waals surface area contributed by atoms with Crippen molar-refractivity contribution in [2.75, 3.05) is 28.6 Å². The van der Waals surface area contributed by atoms with Gasteiger partial charge in [-0.25, -0.2) is 13.8 Å². The molecule has 0 bridgehead atoms. The van der Waals surface area contributed by atoms with E-state index in [0.717, 1.165) is 30.8 Å². The maximum atomic E-state index is 13.8. The molecule has 2 N–H and O–H groups in total. The molecule has 3 aromatic rings. The summed E-state index contributed by atoms with van der Waals surface area (Å²) >= 11 is 0. The van der Waals surface area contributed by atoms with Crippen molar-refractivity contribution in [1.29, 1.82) is 0 Å². The fourth-order valence-corrected chi connectivity index (χ4v) is 3.37. The highest BCUT2D eigenvalue weighted by atomic mass is 19.1. The van der Waals surface area contributed by atoms with Gasteiger partial charge >= 0.3 is 0 Å². The lowest BCUT2D eigenvalue weighted by Crippen LogP contribution is -2.32. The third-order valence-electron chi connectivity index (χ3n) is 5.12. The number of anilines is 5. The lowest BCUT2D eigenvalue weighted by atomic mass is 9.99. The van der Waals surface area contributed by atoms with E-state index < -0.39 is 11.6 Å². The fraction of sp³-hybridized carbons (Fsp3) is 0.273. The maximum Gasteiger partial charge on any atom is 0.229 e. The maximum absolute atomic E-state index is 13.8. The Balaban J connectivity index is 1.42. The van der Waals surface area contributed by atoms with E-state index in [2.05, 4.69) is 44.6 Å². The average molecular weight is 395 g/mol. The van der Waals surface area contributed by atoms with E-state index in [4.69, 9.17) is 0 Å². The summed E-state index contributed by atoms with van der Waals surface area (Å²) in [7, 11) is 0. The molecule has 5 nitrogen and oxygen atoms in total. The van der Waals surface area contributed by atoms with E-state index in [0.29, 0.717) is 11.8 Å². The van der Waals surface area contributed by atoms with Gasteiger partial charge in [0, 0.05) is 36.7 Å². The van der Waals surface area contributed by atoms with Gasteiger partial charge in [-0.1, -0.05) is 6.92 Å². The van der Waals surface area contributed by atoms with Gasteiger partial charge in [-0.2, -0.15) is 4.98 Å². The van der Waals surface area contributed by atoms with E-state index in [9.17, 15) is 8.78 Å². The quantitative estimate of drug-likeness (QED) is 0.599. The van der Waals surface area contributed by atoms with E-state index in [1.165, 1.54) is 30.7 Å². The molecule has 2 aromatic carbocycles. The second kappa shape index (κ2) is 8.43. The topological polar surface area (TPSA) is 53.1 Å². The van der Waals surface area contributed by atoms with Crippen LogP contribution in [0.15, 0.2) is 54.7 Å². The van der Waals surface area contributed by atoms with Gasteiger partial charge in [0.05, 0.1) is 5.69 Å². The van der Waals surface area contributed by atoms with Gasteiger partial charge in [0.1, 0.15) is 17.5 Å². The minimum atomic E-state index is -0.680. The lowest BCUT2D eigenvalue weighted by molar-refractivity contribution is 0.438.